The van der Waals surface area contributed by atoms with E-state index in [4.69, 9.17) is 5.73 Å². The van der Waals surface area contributed by atoms with E-state index in [1.165, 1.54) is 0 Å². The van der Waals surface area contributed by atoms with Crippen LogP contribution in [0.1, 0.15) is 31.2 Å². The fraction of sp³-hybridized carbons (Fsp3) is 0.258. The van der Waals surface area contributed by atoms with Crippen molar-refractivity contribution >= 4 is 52.6 Å². The number of anilines is 2. The van der Waals surface area contributed by atoms with Crippen molar-refractivity contribution in [3.8, 4) is 11.1 Å². The molecule has 0 fully saturated rings. The molecule has 1 unspecified atom stereocenters. The normalized spacial score (nSPS) is 11.7. The maximum absolute atomic E-state index is 13.0. The fourth-order valence-corrected chi connectivity index (χ4v) is 4.64. The Kier molecular flexibility index (Phi) is 10.4. The maximum atomic E-state index is 13.0. The van der Waals surface area contributed by atoms with Crippen molar-refractivity contribution in [1.29, 1.82) is 0 Å². The summed E-state index contributed by atoms with van der Waals surface area (Å²) in [6.07, 6.45) is 5.16. The van der Waals surface area contributed by atoms with Crippen molar-refractivity contribution in [3.63, 3.8) is 0 Å². The fourth-order valence-electron chi connectivity index (χ4n) is 4.53. The van der Waals surface area contributed by atoms with Crippen LogP contribution in [0.4, 0.5) is 11.4 Å². The molecular weight excluding hydrogens is 522 g/mol. The van der Waals surface area contributed by atoms with Crippen LogP contribution in [0.3, 0.4) is 0 Å². The Hall–Kier alpha value is -4.08. The Morgan fingerprint density at radius 3 is 2.40 bits per heavy atom. The minimum absolute atomic E-state index is 0.0519. The van der Waals surface area contributed by atoms with Gasteiger partial charge in [-0.25, -0.2) is 0 Å². The number of carbonyl (C=O) groups is 3. The summed E-state index contributed by atoms with van der Waals surface area (Å²) in [5.74, 6) is -0.212. The van der Waals surface area contributed by atoms with Gasteiger partial charge in [-0.2, -0.15) is 12.6 Å². The van der Waals surface area contributed by atoms with E-state index < -0.39 is 6.04 Å². The molecule has 6 N–H and O–H groups in total. The summed E-state index contributed by atoms with van der Waals surface area (Å²) in [6.45, 7) is 0.598. The molecule has 8 nitrogen and oxygen atoms in total. The van der Waals surface area contributed by atoms with Crippen molar-refractivity contribution in [2.45, 2.75) is 38.1 Å². The number of carbonyl (C=O) groups excluding carboxylic acids is 3. The number of hydrogen-bond donors (Lipinski definition) is 6. The standard InChI is InChI=1S/C31H35N5O3S/c32-26(18-22-19-34-27-10-5-3-9-25(22)27)31(39)36-28-11-6-4-8-24(28)21-13-15-23(16-14-21)35-29(37)12-2-1-7-17-33-30(38)20-40/h3-6,8-11,13-16,19,26,34,40H,1-2,7,12,17-18,20,32H2,(H,33,38)(H,35,37)(H,36,39). The molecule has 0 bridgehead atoms. The first-order valence-corrected chi connectivity index (χ1v) is 14.1. The molecule has 0 radical (unpaired) electrons. The summed E-state index contributed by atoms with van der Waals surface area (Å²) in [5.41, 5.74) is 11.5. The minimum atomic E-state index is -0.711. The Balaban J connectivity index is 1.30. The van der Waals surface area contributed by atoms with Crippen molar-refractivity contribution in [1.82, 2.24) is 10.3 Å². The van der Waals surface area contributed by atoms with Crippen LogP contribution < -0.4 is 21.7 Å². The van der Waals surface area contributed by atoms with Crippen molar-refractivity contribution in [2.24, 2.45) is 5.73 Å². The number of benzene rings is 3. The van der Waals surface area contributed by atoms with Gasteiger partial charge in [0.15, 0.2) is 0 Å². The Morgan fingerprint density at radius 1 is 0.850 bits per heavy atom. The van der Waals surface area contributed by atoms with Gasteiger partial charge >= 0.3 is 0 Å². The number of aromatic amines is 1. The van der Waals surface area contributed by atoms with Crippen LogP contribution in [0.25, 0.3) is 22.0 Å². The van der Waals surface area contributed by atoms with Gasteiger partial charge in [0.2, 0.25) is 17.7 Å². The number of amides is 3. The molecule has 3 amide bonds. The Bertz CT molecular complexity index is 1450. The monoisotopic (exact) mass is 557 g/mol. The van der Waals surface area contributed by atoms with E-state index in [9.17, 15) is 14.4 Å². The molecule has 0 saturated heterocycles. The molecule has 0 saturated carbocycles. The zero-order valence-electron chi connectivity index (χ0n) is 22.3. The van der Waals surface area contributed by atoms with Crippen LogP contribution >= 0.6 is 12.6 Å². The zero-order chi connectivity index (χ0) is 28.3. The van der Waals surface area contributed by atoms with Gasteiger partial charge < -0.3 is 26.7 Å². The molecule has 9 heteroatoms. The lowest BCUT2D eigenvalue weighted by Gasteiger charge is -2.15. The quantitative estimate of drug-likeness (QED) is 0.103. The van der Waals surface area contributed by atoms with Gasteiger partial charge in [0.05, 0.1) is 11.8 Å². The maximum Gasteiger partial charge on any atom is 0.241 e. The second kappa shape index (κ2) is 14.3. The largest absolute Gasteiger partial charge is 0.361 e. The zero-order valence-corrected chi connectivity index (χ0v) is 23.2. The highest BCUT2D eigenvalue weighted by atomic mass is 32.1. The highest BCUT2D eigenvalue weighted by Gasteiger charge is 2.18. The first kappa shape index (κ1) is 28.9. The molecule has 0 aliphatic heterocycles. The van der Waals surface area contributed by atoms with E-state index in [1.54, 1.807) is 0 Å². The summed E-state index contributed by atoms with van der Waals surface area (Å²) in [4.78, 5) is 39.7. The second-order valence-electron chi connectivity index (χ2n) is 9.65. The van der Waals surface area contributed by atoms with Gasteiger partial charge in [-0.15, -0.1) is 0 Å². The van der Waals surface area contributed by atoms with Gasteiger partial charge in [-0.3, -0.25) is 14.4 Å². The summed E-state index contributed by atoms with van der Waals surface area (Å²) >= 11 is 3.92. The van der Waals surface area contributed by atoms with Crippen molar-refractivity contribution in [3.05, 3.63) is 84.6 Å². The third-order valence-corrected chi connectivity index (χ3v) is 6.95. The van der Waals surface area contributed by atoms with Crippen LogP contribution in [-0.4, -0.2) is 41.0 Å². The van der Waals surface area contributed by atoms with Crippen LogP contribution in [0.5, 0.6) is 0 Å². The van der Waals surface area contributed by atoms with Crippen molar-refractivity contribution in [2.75, 3.05) is 22.9 Å². The molecule has 1 aromatic heterocycles. The molecule has 208 valence electrons. The molecule has 0 aliphatic carbocycles. The number of thiol groups is 1. The highest BCUT2D eigenvalue weighted by Crippen LogP contribution is 2.29. The first-order chi connectivity index (χ1) is 19.4. The smallest absolute Gasteiger partial charge is 0.241 e. The number of fused-ring (bicyclic) bond motifs is 1. The lowest BCUT2D eigenvalue weighted by atomic mass is 10.0. The van der Waals surface area contributed by atoms with Crippen LogP contribution in [0.15, 0.2) is 79.0 Å². The van der Waals surface area contributed by atoms with Gasteiger partial charge in [0, 0.05) is 47.0 Å². The highest BCUT2D eigenvalue weighted by molar-refractivity contribution is 7.81. The number of H-pyrrole nitrogens is 1. The molecule has 1 atom stereocenters. The van der Waals surface area contributed by atoms with Gasteiger partial charge in [0.25, 0.3) is 0 Å². The van der Waals surface area contributed by atoms with Crippen LogP contribution in [0, 0.1) is 0 Å². The predicted octanol–water partition coefficient (Wildman–Crippen LogP) is 4.89. The molecular formula is C31H35N5O3S. The van der Waals surface area contributed by atoms with E-state index in [0.29, 0.717) is 30.8 Å². The third kappa shape index (κ3) is 7.97. The van der Waals surface area contributed by atoms with E-state index in [2.05, 4.69) is 33.6 Å². The van der Waals surface area contributed by atoms with Gasteiger partial charge in [0.1, 0.15) is 0 Å². The molecule has 1 heterocycles. The number of aromatic nitrogens is 1. The number of rotatable bonds is 13. The van der Waals surface area contributed by atoms with E-state index in [0.717, 1.165) is 46.9 Å². The number of nitrogens with one attached hydrogen (secondary N) is 4. The summed E-state index contributed by atoms with van der Waals surface area (Å²) in [6, 6.07) is 22.3. The average molecular weight is 558 g/mol. The van der Waals surface area contributed by atoms with Crippen molar-refractivity contribution < 1.29 is 14.4 Å². The Morgan fingerprint density at radius 2 is 1.60 bits per heavy atom. The molecule has 0 aliphatic rings. The molecule has 0 spiro atoms. The summed E-state index contributed by atoms with van der Waals surface area (Å²) in [7, 11) is 0. The number of para-hydroxylation sites is 2. The molecule has 4 aromatic rings. The van der Waals surface area contributed by atoms with E-state index >= 15 is 0 Å². The van der Waals surface area contributed by atoms with E-state index in [1.807, 2.05) is 79.0 Å². The number of nitrogens with two attached hydrogens (primary N) is 1. The summed E-state index contributed by atoms with van der Waals surface area (Å²) in [5, 5.41) is 9.75. The SMILES string of the molecule is NC(Cc1c[nH]c2ccccc12)C(=O)Nc1ccccc1-c1ccc(NC(=O)CCCCCNC(=O)CS)cc1. The number of unbranched alkanes of at least 4 members (excludes halogenated alkanes) is 2. The second-order valence-corrected chi connectivity index (χ2v) is 9.97. The topological polar surface area (TPSA) is 129 Å². The lowest BCUT2D eigenvalue weighted by Crippen LogP contribution is -2.37. The lowest BCUT2D eigenvalue weighted by molar-refractivity contribution is -0.119. The van der Waals surface area contributed by atoms with Gasteiger partial charge in [-0.05, 0) is 54.7 Å². The van der Waals surface area contributed by atoms with Gasteiger partial charge in [-0.1, -0.05) is 55.0 Å². The van der Waals surface area contributed by atoms with E-state index in [-0.39, 0.29) is 23.5 Å². The Labute approximate surface area is 239 Å². The predicted molar refractivity (Wildman–Crippen MR) is 164 cm³/mol. The molecule has 3 aromatic carbocycles. The minimum Gasteiger partial charge on any atom is -0.361 e. The van der Waals surface area contributed by atoms with Crippen LogP contribution in [0.2, 0.25) is 0 Å². The third-order valence-electron chi connectivity index (χ3n) is 6.66. The molecule has 40 heavy (non-hydrogen) atoms. The summed E-state index contributed by atoms with van der Waals surface area (Å²) < 4.78 is 0. The van der Waals surface area contributed by atoms with Crippen LogP contribution in [-0.2, 0) is 20.8 Å². The average Bonchev–Trinajstić information content (AvgIpc) is 3.38. The number of hydrogen-bond acceptors (Lipinski definition) is 5. The molecule has 4 rings (SSSR count). The first-order valence-electron chi connectivity index (χ1n) is 13.4.